The molecular weight excluding hydrogens is 250 g/mol. The average Bonchev–Trinajstić information content (AvgIpc) is 2.40. The smallest absolute Gasteiger partial charge is 0.222 e. The fourth-order valence-corrected chi connectivity index (χ4v) is 1.55. The van der Waals surface area contributed by atoms with Crippen molar-refractivity contribution in [1.29, 1.82) is 5.26 Å². The summed E-state index contributed by atoms with van der Waals surface area (Å²) in [5.74, 6) is 0.662. The molecule has 5 nitrogen and oxygen atoms in total. The molecule has 0 saturated heterocycles. The zero-order chi connectivity index (χ0) is 13.0. The van der Waals surface area contributed by atoms with E-state index in [2.05, 4.69) is 21.4 Å². The highest BCUT2D eigenvalue weighted by molar-refractivity contribution is 6.32. The van der Waals surface area contributed by atoms with E-state index in [0.29, 0.717) is 22.9 Å². The highest BCUT2D eigenvalue weighted by atomic mass is 35.5. The molecule has 0 fully saturated rings. The van der Waals surface area contributed by atoms with Crippen molar-refractivity contribution in [3.8, 4) is 6.07 Å². The molecule has 2 aromatic rings. The van der Waals surface area contributed by atoms with Gasteiger partial charge in [0.2, 0.25) is 5.95 Å². The minimum Gasteiger partial charge on any atom is -0.368 e. The molecule has 18 heavy (non-hydrogen) atoms. The van der Waals surface area contributed by atoms with Gasteiger partial charge in [-0.3, -0.25) is 0 Å². The molecule has 0 aliphatic rings. The Balaban J connectivity index is 2.07. The number of halogens is 1. The third-order valence-electron chi connectivity index (χ3n) is 2.31. The fourth-order valence-electron chi connectivity index (χ4n) is 1.39. The number of hydrogen-bond donors (Lipinski definition) is 2. The van der Waals surface area contributed by atoms with E-state index in [1.54, 1.807) is 12.1 Å². The molecule has 2 rings (SSSR count). The summed E-state index contributed by atoms with van der Waals surface area (Å²) in [5, 5.41) is 12.2. The Bertz CT molecular complexity index is 588. The molecular formula is C12H10ClN5. The third kappa shape index (κ3) is 2.87. The minimum absolute atomic E-state index is 0.168. The fraction of sp³-hybridized carbons (Fsp3) is 0.0833. The van der Waals surface area contributed by atoms with Gasteiger partial charge in [0.05, 0.1) is 17.8 Å². The van der Waals surface area contributed by atoms with Crippen molar-refractivity contribution >= 4 is 23.4 Å². The van der Waals surface area contributed by atoms with Gasteiger partial charge in [-0.05, 0) is 17.7 Å². The first kappa shape index (κ1) is 12.1. The van der Waals surface area contributed by atoms with Crippen LogP contribution in [0, 0.1) is 11.3 Å². The Hall–Kier alpha value is -2.32. The van der Waals surface area contributed by atoms with Gasteiger partial charge >= 0.3 is 0 Å². The third-order valence-corrected chi connectivity index (χ3v) is 2.58. The summed E-state index contributed by atoms with van der Waals surface area (Å²) in [4.78, 5) is 7.77. The second-order valence-electron chi connectivity index (χ2n) is 3.59. The van der Waals surface area contributed by atoms with Crippen molar-refractivity contribution in [3.05, 3.63) is 46.6 Å². The maximum atomic E-state index is 8.69. The highest BCUT2D eigenvalue weighted by Gasteiger charge is 2.03. The van der Waals surface area contributed by atoms with E-state index >= 15 is 0 Å². The van der Waals surface area contributed by atoms with E-state index in [-0.39, 0.29) is 5.95 Å². The number of rotatable bonds is 3. The lowest BCUT2D eigenvalue weighted by atomic mass is 10.1. The molecule has 90 valence electrons. The molecule has 1 heterocycles. The normalized spacial score (nSPS) is 9.78. The SMILES string of the molecule is N#Cc1ccc(CNc2nc(N)ncc2Cl)cc1. The number of hydrogen-bond acceptors (Lipinski definition) is 5. The topological polar surface area (TPSA) is 87.6 Å². The van der Waals surface area contributed by atoms with Gasteiger partial charge in [-0.1, -0.05) is 23.7 Å². The molecule has 0 bridgehead atoms. The van der Waals surface area contributed by atoms with Gasteiger partial charge in [0.15, 0.2) is 5.82 Å². The zero-order valence-electron chi connectivity index (χ0n) is 9.39. The van der Waals surface area contributed by atoms with Gasteiger partial charge in [-0.25, -0.2) is 4.98 Å². The molecule has 6 heteroatoms. The Kier molecular flexibility index (Phi) is 3.60. The Morgan fingerprint density at radius 3 is 2.72 bits per heavy atom. The van der Waals surface area contributed by atoms with Gasteiger partial charge < -0.3 is 11.1 Å². The number of nitriles is 1. The first-order valence-corrected chi connectivity index (χ1v) is 5.58. The summed E-state index contributed by atoms with van der Waals surface area (Å²) in [6, 6.07) is 9.31. The first-order chi connectivity index (χ1) is 8.69. The van der Waals surface area contributed by atoms with Crippen LogP contribution in [0.3, 0.4) is 0 Å². The predicted molar refractivity (Wildman–Crippen MR) is 69.9 cm³/mol. The van der Waals surface area contributed by atoms with E-state index in [4.69, 9.17) is 22.6 Å². The number of benzene rings is 1. The highest BCUT2D eigenvalue weighted by Crippen LogP contribution is 2.19. The summed E-state index contributed by atoms with van der Waals surface area (Å²) in [5.41, 5.74) is 7.12. The lowest BCUT2D eigenvalue weighted by Crippen LogP contribution is -2.04. The Labute approximate surface area is 109 Å². The molecule has 3 N–H and O–H groups in total. The van der Waals surface area contributed by atoms with E-state index < -0.39 is 0 Å². The Morgan fingerprint density at radius 1 is 1.33 bits per heavy atom. The van der Waals surface area contributed by atoms with Gasteiger partial charge in [0, 0.05) is 6.54 Å². The molecule has 0 aliphatic heterocycles. The van der Waals surface area contributed by atoms with Gasteiger partial charge in [-0.2, -0.15) is 10.2 Å². The maximum Gasteiger partial charge on any atom is 0.222 e. The molecule has 1 aromatic heterocycles. The van der Waals surface area contributed by atoms with Crippen LogP contribution in [0.4, 0.5) is 11.8 Å². The summed E-state index contributed by atoms with van der Waals surface area (Å²) in [6.07, 6.45) is 1.45. The zero-order valence-corrected chi connectivity index (χ0v) is 10.1. The van der Waals surface area contributed by atoms with E-state index in [1.807, 2.05) is 12.1 Å². The quantitative estimate of drug-likeness (QED) is 0.882. The molecule has 0 saturated carbocycles. The second-order valence-corrected chi connectivity index (χ2v) is 3.99. The standard InChI is InChI=1S/C12H10ClN5/c13-10-7-17-12(15)18-11(10)16-6-9-3-1-8(5-14)2-4-9/h1-4,7H,6H2,(H3,15,16,17,18). The second kappa shape index (κ2) is 5.34. The summed E-state index contributed by atoms with van der Waals surface area (Å²) in [6.45, 7) is 0.544. The lowest BCUT2D eigenvalue weighted by Gasteiger charge is -2.07. The maximum absolute atomic E-state index is 8.69. The van der Waals surface area contributed by atoms with Crippen molar-refractivity contribution in [1.82, 2.24) is 9.97 Å². The summed E-state index contributed by atoms with van der Waals surface area (Å²) in [7, 11) is 0. The van der Waals surface area contributed by atoms with E-state index in [1.165, 1.54) is 6.20 Å². The lowest BCUT2D eigenvalue weighted by molar-refractivity contribution is 1.09. The summed E-state index contributed by atoms with van der Waals surface area (Å²) >= 11 is 5.92. The molecule has 0 radical (unpaired) electrons. The average molecular weight is 260 g/mol. The number of nitrogen functional groups attached to an aromatic ring is 1. The van der Waals surface area contributed by atoms with Crippen molar-refractivity contribution in [2.75, 3.05) is 11.1 Å². The van der Waals surface area contributed by atoms with Crippen molar-refractivity contribution in [2.24, 2.45) is 0 Å². The first-order valence-electron chi connectivity index (χ1n) is 5.20. The number of nitrogens with two attached hydrogens (primary N) is 1. The number of anilines is 2. The van der Waals surface area contributed by atoms with Crippen LogP contribution in [0.1, 0.15) is 11.1 Å². The molecule has 0 aliphatic carbocycles. The predicted octanol–water partition coefficient (Wildman–Crippen LogP) is 2.20. The van der Waals surface area contributed by atoms with Crippen LogP contribution in [0.5, 0.6) is 0 Å². The van der Waals surface area contributed by atoms with Crippen LogP contribution >= 0.6 is 11.6 Å². The molecule has 0 spiro atoms. The Morgan fingerprint density at radius 2 is 2.06 bits per heavy atom. The van der Waals surface area contributed by atoms with Crippen molar-refractivity contribution in [2.45, 2.75) is 6.54 Å². The number of nitrogens with zero attached hydrogens (tertiary/aromatic N) is 3. The molecule has 0 unspecified atom stereocenters. The van der Waals surface area contributed by atoms with Crippen LogP contribution in [0.25, 0.3) is 0 Å². The molecule has 0 amide bonds. The van der Waals surface area contributed by atoms with E-state index in [0.717, 1.165) is 5.56 Å². The van der Waals surface area contributed by atoms with E-state index in [9.17, 15) is 0 Å². The molecule has 1 aromatic carbocycles. The van der Waals surface area contributed by atoms with Crippen molar-refractivity contribution in [3.63, 3.8) is 0 Å². The molecule has 0 atom stereocenters. The summed E-state index contributed by atoms with van der Waals surface area (Å²) < 4.78 is 0. The van der Waals surface area contributed by atoms with Gasteiger partial charge in [0.1, 0.15) is 5.02 Å². The largest absolute Gasteiger partial charge is 0.368 e. The monoisotopic (exact) mass is 259 g/mol. The minimum atomic E-state index is 0.168. The van der Waals surface area contributed by atoms with Crippen LogP contribution in [0.2, 0.25) is 5.02 Å². The van der Waals surface area contributed by atoms with Gasteiger partial charge in [-0.15, -0.1) is 0 Å². The number of nitrogens with one attached hydrogen (secondary N) is 1. The van der Waals surface area contributed by atoms with Crippen LogP contribution < -0.4 is 11.1 Å². The van der Waals surface area contributed by atoms with Crippen LogP contribution in [-0.2, 0) is 6.54 Å². The van der Waals surface area contributed by atoms with Gasteiger partial charge in [0.25, 0.3) is 0 Å². The van der Waals surface area contributed by atoms with Crippen molar-refractivity contribution < 1.29 is 0 Å². The van der Waals surface area contributed by atoms with Crippen LogP contribution in [0.15, 0.2) is 30.5 Å². The number of aromatic nitrogens is 2. The van der Waals surface area contributed by atoms with Crippen LogP contribution in [-0.4, -0.2) is 9.97 Å².